The van der Waals surface area contributed by atoms with Crippen molar-refractivity contribution in [3.63, 3.8) is 0 Å². The van der Waals surface area contributed by atoms with E-state index in [2.05, 4.69) is 0 Å². The molecule has 0 N–H and O–H groups in total. The summed E-state index contributed by atoms with van der Waals surface area (Å²) in [6.45, 7) is 1.17. The Morgan fingerprint density at radius 3 is 2.27 bits per heavy atom. The van der Waals surface area contributed by atoms with Crippen molar-refractivity contribution < 1.29 is 12.8 Å². The highest BCUT2D eigenvalue weighted by atomic mass is 35.5. The quantitative estimate of drug-likeness (QED) is 0.591. The molecule has 0 aliphatic carbocycles. The van der Waals surface area contributed by atoms with Gasteiger partial charge in [0, 0.05) is 35.9 Å². The van der Waals surface area contributed by atoms with Crippen molar-refractivity contribution in [1.82, 2.24) is 8.87 Å². The zero-order valence-corrected chi connectivity index (χ0v) is 17.7. The maximum absolute atomic E-state index is 14.1. The Bertz CT molecular complexity index is 1230. The molecule has 3 aromatic rings. The van der Waals surface area contributed by atoms with E-state index in [9.17, 15) is 17.6 Å². The van der Waals surface area contributed by atoms with Crippen LogP contribution in [-0.4, -0.2) is 30.4 Å². The largest absolute Gasteiger partial charge is 0.310 e. The summed E-state index contributed by atoms with van der Waals surface area (Å²) in [5, 5.41) is 0.293. The zero-order chi connectivity index (χ0) is 21.3. The summed E-state index contributed by atoms with van der Waals surface area (Å²) in [5.74, 6) is -0.476. The average molecular weight is 447 g/mol. The van der Waals surface area contributed by atoms with Gasteiger partial charge in [-0.25, -0.2) is 12.8 Å². The predicted octanol–water partition coefficient (Wildman–Crippen LogP) is 4.14. The lowest BCUT2D eigenvalue weighted by Crippen LogP contribution is -2.27. The molecule has 5 nitrogen and oxygen atoms in total. The molecule has 0 unspecified atom stereocenters. The summed E-state index contributed by atoms with van der Waals surface area (Å²) in [6.07, 6.45) is 3.40. The molecule has 1 aromatic heterocycles. The third-order valence-electron chi connectivity index (χ3n) is 5.23. The van der Waals surface area contributed by atoms with Crippen molar-refractivity contribution in [2.45, 2.75) is 24.3 Å². The minimum absolute atomic E-state index is 0.0666. The van der Waals surface area contributed by atoms with Crippen molar-refractivity contribution in [1.29, 1.82) is 0 Å². The minimum atomic E-state index is -3.48. The van der Waals surface area contributed by atoms with E-state index in [0.29, 0.717) is 23.7 Å². The summed E-state index contributed by atoms with van der Waals surface area (Å²) in [7, 11) is -3.48. The van der Waals surface area contributed by atoms with Crippen LogP contribution in [0.3, 0.4) is 0 Å². The van der Waals surface area contributed by atoms with Crippen molar-refractivity contribution in [2.24, 2.45) is 0 Å². The molecule has 0 atom stereocenters. The van der Waals surface area contributed by atoms with Crippen LogP contribution in [0.1, 0.15) is 18.4 Å². The molecule has 8 heteroatoms. The van der Waals surface area contributed by atoms with Crippen LogP contribution in [0.25, 0.3) is 11.1 Å². The lowest BCUT2D eigenvalue weighted by Gasteiger charge is -2.15. The first-order valence-electron chi connectivity index (χ1n) is 9.59. The molecular weight excluding hydrogens is 427 g/mol. The van der Waals surface area contributed by atoms with E-state index in [1.165, 1.54) is 21.0 Å². The summed E-state index contributed by atoms with van der Waals surface area (Å²) in [5.41, 5.74) is 1.59. The molecule has 1 fully saturated rings. The first kappa shape index (κ1) is 20.8. The fourth-order valence-electron chi connectivity index (χ4n) is 3.56. The van der Waals surface area contributed by atoms with E-state index in [1.807, 2.05) is 0 Å². The third-order valence-corrected chi connectivity index (χ3v) is 7.38. The van der Waals surface area contributed by atoms with Gasteiger partial charge >= 0.3 is 0 Å². The number of aromatic nitrogens is 1. The molecule has 0 saturated carbocycles. The van der Waals surface area contributed by atoms with Crippen molar-refractivity contribution in [3.8, 4) is 11.1 Å². The van der Waals surface area contributed by atoms with E-state index in [4.69, 9.17) is 11.6 Å². The Kier molecular flexibility index (Phi) is 5.77. The Hall–Kier alpha value is -2.48. The van der Waals surface area contributed by atoms with E-state index in [1.54, 1.807) is 48.7 Å². The second kappa shape index (κ2) is 8.34. The Morgan fingerprint density at radius 1 is 0.933 bits per heavy atom. The molecular formula is C22H20ClFN2O3S. The smallest absolute Gasteiger partial charge is 0.250 e. The van der Waals surface area contributed by atoms with E-state index in [-0.39, 0.29) is 17.0 Å². The fraction of sp³-hybridized carbons (Fsp3) is 0.227. The number of benzene rings is 2. The first-order valence-corrected chi connectivity index (χ1v) is 11.4. The van der Waals surface area contributed by atoms with E-state index >= 15 is 0 Å². The van der Waals surface area contributed by atoms with Gasteiger partial charge < -0.3 is 4.57 Å². The molecule has 0 amide bonds. The molecule has 1 aliphatic rings. The van der Waals surface area contributed by atoms with Crippen LogP contribution in [0.2, 0.25) is 5.02 Å². The summed E-state index contributed by atoms with van der Waals surface area (Å²) >= 11 is 5.79. The Balaban J connectivity index is 1.61. The average Bonchev–Trinajstić information content (AvgIpc) is 3.27. The molecule has 30 heavy (non-hydrogen) atoms. The number of hydrogen-bond donors (Lipinski definition) is 0. The number of halogens is 2. The monoisotopic (exact) mass is 446 g/mol. The second-order valence-corrected chi connectivity index (χ2v) is 9.63. The molecule has 2 aromatic carbocycles. The molecule has 2 heterocycles. The maximum atomic E-state index is 14.1. The van der Waals surface area contributed by atoms with E-state index in [0.717, 1.165) is 24.0 Å². The molecule has 1 saturated heterocycles. The third kappa shape index (κ3) is 4.19. The molecule has 4 rings (SSSR count). The maximum Gasteiger partial charge on any atom is 0.250 e. The normalized spacial score (nSPS) is 14.9. The second-order valence-electron chi connectivity index (χ2n) is 7.26. The summed E-state index contributed by atoms with van der Waals surface area (Å²) < 4.78 is 42.4. The molecule has 1 aliphatic heterocycles. The predicted molar refractivity (Wildman–Crippen MR) is 115 cm³/mol. The van der Waals surface area contributed by atoms with E-state index < -0.39 is 15.8 Å². The van der Waals surface area contributed by atoms with Gasteiger partial charge in [0.1, 0.15) is 5.82 Å². The van der Waals surface area contributed by atoms with Gasteiger partial charge in [-0.1, -0.05) is 29.8 Å². The van der Waals surface area contributed by atoms with Crippen LogP contribution in [0.5, 0.6) is 0 Å². The van der Waals surface area contributed by atoms with Crippen molar-refractivity contribution in [2.75, 3.05) is 13.1 Å². The highest BCUT2D eigenvalue weighted by Gasteiger charge is 2.26. The van der Waals surface area contributed by atoms with Gasteiger partial charge in [0.2, 0.25) is 10.0 Å². The highest BCUT2D eigenvalue weighted by Crippen LogP contribution is 2.25. The van der Waals surface area contributed by atoms with Crippen LogP contribution in [-0.2, 0) is 16.6 Å². The lowest BCUT2D eigenvalue weighted by atomic mass is 10.1. The SMILES string of the molecule is O=c1ccc(-c2ccc(S(=O)(=O)N3CCCC3)cc2)cn1Cc1ccc(Cl)cc1F. The molecule has 0 bridgehead atoms. The van der Waals surface area contributed by atoms with Gasteiger partial charge in [-0.05, 0) is 54.3 Å². The van der Waals surface area contributed by atoms with Gasteiger partial charge in [0.25, 0.3) is 5.56 Å². The summed E-state index contributed by atoms with van der Waals surface area (Å²) in [4.78, 5) is 12.5. The van der Waals surface area contributed by atoms with Crippen molar-refractivity contribution in [3.05, 3.63) is 87.6 Å². The topological polar surface area (TPSA) is 59.4 Å². The lowest BCUT2D eigenvalue weighted by molar-refractivity contribution is 0.477. The van der Waals surface area contributed by atoms with Crippen LogP contribution in [0.4, 0.5) is 4.39 Å². The van der Waals surface area contributed by atoms with Gasteiger partial charge in [0.15, 0.2) is 0 Å². The number of hydrogen-bond acceptors (Lipinski definition) is 3. The first-order chi connectivity index (χ1) is 14.3. The Labute approximate surface area is 179 Å². The number of rotatable bonds is 5. The van der Waals surface area contributed by atoms with Crippen LogP contribution in [0.15, 0.2) is 70.5 Å². The molecule has 156 valence electrons. The van der Waals surface area contributed by atoms with Gasteiger partial charge in [-0.2, -0.15) is 4.31 Å². The van der Waals surface area contributed by atoms with Crippen LogP contribution >= 0.6 is 11.6 Å². The summed E-state index contributed by atoms with van der Waals surface area (Å²) in [6, 6.07) is 14.0. The molecule has 0 radical (unpaired) electrons. The van der Waals surface area contributed by atoms with Crippen LogP contribution < -0.4 is 5.56 Å². The zero-order valence-electron chi connectivity index (χ0n) is 16.1. The molecule has 0 spiro atoms. The van der Waals surface area contributed by atoms with Crippen molar-refractivity contribution >= 4 is 21.6 Å². The number of sulfonamides is 1. The van der Waals surface area contributed by atoms with Gasteiger partial charge in [0.05, 0.1) is 11.4 Å². The fourth-order valence-corrected chi connectivity index (χ4v) is 5.23. The number of nitrogens with zero attached hydrogens (tertiary/aromatic N) is 2. The van der Waals surface area contributed by atoms with Gasteiger partial charge in [-0.15, -0.1) is 0 Å². The Morgan fingerprint density at radius 2 is 1.60 bits per heavy atom. The van der Waals surface area contributed by atoms with Gasteiger partial charge in [-0.3, -0.25) is 4.79 Å². The highest BCUT2D eigenvalue weighted by molar-refractivity contribution is 7.89. The standard InChI is InChI=1S/C22H20ClFN2O3S/c23-19-7-3-18(21(24)13-19)15-25-14-17(6-10-22(25)27)16-4-8-20(9-5-16)30(28,29)26-11-1-2-12-26/h3-10,13-14H,1-2,11-12,15H2. The minimum Gasteiger partial charge on any atom is -0.310 e. The number of pyridine rings is 1. The van der Waals surface area contributed by atoms with Crippen LogP contribution in [0, 0.1) is 5.82 Å².